The third-order valence-corrected chi connectivity index (χ3v) is 4.46. The minimum absolute atomic E-state index is 0.322. The first-order valence-corrected chi connectivity index (χ1v) is 7.73. The second-order valence-corrected chi connectivity index (χ2v) is 6.73. The van der Waals surface area contributed by atoms with Crippen LogP contribution in [0.3, 0.4) is 0 Å². The van der Waals surface area contributed by atoms with Crippen LogP contribution in [0.4, 0.5) is 0 Å². The Morgan fingerprint density at radius 2 is 1.77 bits per heavy atom. The molecule has 1 aliphatic rings. The second kappa shape index (κ2) is 5.39. The average Bonchev–Trinajstić information content (AvgIpc) is 2.85. The van der Waals surface area contributed by atoms with E-state index in [1.165, 1.54) is 18.0 Å². The third kappa shape index (κ3) is 2.49. The van der Waals surface area contributed by atoms with Crippen molar-refractivity contribution in [2.24, 2.45) is 25.9 Å². The van der Waals surface area contributed by atoms with Crippen molar-refractivity contribution in [2.75, 3.05) is 13.1 Å². The number of aryl methyl sites for hydroxylation is 1. The summed E-state index contributed by atoms with van der Waals surface area (Å²) in [6.07, 6.45) is 1.26. The quantitative estimate of drug-likeness (QED) is 0.873. The van der Waals surface area contributed by atoms with E-state index in [2.05, 4.69) is 28.7 Å². The lowest BCUT2D eigenvalue weighted by Crippen LogP contribution is -2.38. The van der Waals surface area contributed by atoms with Gasteiger partial charge in [0.25, 0.3) is 5.56 Å². The van der Waals surface area contributed by atoms with Crippen molar-refractivity contribution in [3.8, 4) is 0 Å². The normalized spacial score (nSPS) is 23.3. The monoisotopic (exact) mass is 305 g/mol. The zero-order valence-electron chi connectivity index (χ0n) is 13.6. The van der Waals surface area contributed by atoms with Crippen LogP contribution in [-0.4, -0.2) is 37.1 Å². The Morgan fingerprint density at radius 1 is 1.14 bits per heavy atom. The molecule has 0 unspecified atom stereocenters. The van der Waals surface area contributed by atoms with Gasteiger partial charge < -0.3 is 4.98 Å². The van der Waals surface area contributed by atoms with Gasteiger partial charge in [-0.15, -0.1) is 0 Å². The Kier molecular flexibility index (Phi) is 3.68. The highest BCUT2D eigenvalue weighted by Gasteiger charge is 2.23. The van der Waals surface area contributed by atoms with Crippen LogP contribution in [0.15, 0.2) is 9.59 Å². The lowest BCUT2D eigenvalue weighted by atomic mass is 9.92. The zero-order valence-corrected chi connectivity index (χ0v) is 13.6. The first-order valence-electron chi connectivity index (χ1n) is 7.73. The maximum atomic E-state index is 12.2. The largest absolute Gasteiger partial charge is 0.335 e. The molecule has 3 heterocycles. The Labute approximate surface area is 128 Å². The van der Waals surface area contributed by atoms with Crippen LogP contribution in [0.5, 0.6) is 0 Å². The smallest absolute Gasteiger partial charge is 0.332 e. The van der Waals surface area contributed by atoms with Crippen molar-refractivity contribution in [3.05, 3.63) is 26.7 Å². The van der Waals surface area contributed by atoms with Gasteiger partial charge in [0.1, 0.15) is 11.3 Å². The van der Waals surface area contributed by atoms with Gasteiger partial charge in [-0.25, -0.2) is 9.78 Å². The summed E-state index contributed by atoms with van der Waals surface area (Å²) in [6, 6.07) is 0. The number of aromatic nitrogens is 4. The number of H-pyrrole nitrogens is 1. The van der Waals surface area contributed by atoms with Gasteiger partial charge >= 0.3 is 5.69 Å². The van der Waals surface area contributed by atoms with Gasteiger partial charge in [0, 0.05) is 27.2 Å². The number of piperidine rings is 1. The number of nitrogens with one attached hydrogen (secondary N) is 1. The third-order valence-electron chi connectivity index (χ3n) is 4.46. The van der Waals surface area contributed by atoms with Gasteiger partial charge in [-0.05, 0) is 18.3 Å². The molecule has 7 nitrogen and oxygen atoms in total. The number of imidazole rings is 1. The van der Waals surface area contributed by atoms with Crippen molar-refractivity contribution >= 4 is 11.2 Å². The minimum atomic E-state index is -0.351. The first-order chi connectivity index (χ1) is 10.4. The molecule has 3 rings (SSSR count). The fraction of sp³-hybridized carbons (Fsp3) is 0.667. The average molecular weight is 305 g/mol. The van der Waals surface area contributed by atoms with Crippen molar-refractivity contribution in [2.45, 2.75) is 26.8 Å². The zero-order chi connectivity index (χ0) is 16.0. The number of rotatable bonds is 2. The molecule has 0 aliphatic carbocycles. The molecule has 0 aromatic carbocycles. The number of hydrogen-bond donors (Lipinski definition) is 1. The van der Waals surface area contributed by atoms with E-state index in [4.69, 9.17) is 0 Å². The van der Waals surface area contributed by atoms with Crippen LogP contribution in [0, 0.1) is 11.8 Å². The van der Waals surface area contributed by atoms with E-state index in [1.807, 2.05) is 0 Å². The Balaban J connectivity index is 1.96. The Hall–Kier alpha value is -1.89. The summed E-state index contributed by atoms with van der Waals surface area (Å²) in [5, 5.41) is 0. The first kappa shape index (κ1) is 15.0. The number of aromatic amines is 1. The fourth-order valence-electron chi connectivity index (χ4n) is 3.58. The van der Waals surface area contributed by atoms with E-state index in [1.54, 1.807) is 7.05 Å². The highest BCUT2D eigenvalue weighted by Crippen LogP contribution is 2.22. The number of nitrogens with zero attached hydrogens (tertiary/aromatic N) is 4. The summed E-state index contributed by atoms with van der Waals surface area (Å²) in [5.74, 6) is 2.09. The molecule has 1 fully saturated rings. The molecule has 7 heteroatoms. The SMILES string of the molecule is C[C@@H]1C[C@H](C)CN(Cc2nc3c([nH]2)c(=O)n(C)c(=O)n3C)C1. The second-order valence-electron chi connectivity index (χ2n) is 6.73. The van der Waals surface area contributed by atoms with Crippen molar-refractivity contribution < 1.29 is 0 Å². The molecule has 2 aromatic heterocycles. The molecule has 0 spiro atoms. The summed E-state index contributed by atoms with van der Waals surface area (Å²) in [6.45, 7) is 7.29. The summed E-state index contributed by atoms with van der Waals surface area (Å²) in [4.78, 5) is 34.1. The molecule has 0 amide bonds. The van der Waals surface area contributed by atoms with Gasteiger partial charge in [0.15, 0.2) is 5.65 Å². The van der Waals surface area contributed by atoms with E-state index in [0.29, 0.717) is 29.5 Å². The van der Waals surface area contributed by atoms with Crippen molar-refractivity contribution in [1.82, 2.24) is 24.0 Å². The molecule has 120 valence electrons. The van der Waals surface area contributed by atoms with Crippen LogP contribution in [0.25, 0.3) is 11.2 Å². The maximum absolute atomic E-state index is 12.2. The van der Waals surface area contributed by atoms with Crippen LogP contribution in [-0.2, 0) is 20.6 Å². The molecular weight excluding hydrogens is 282 g/mol. The van der Waals surface area contributed by atoms with E-state index in [-0.39, 0.29) is 11.2 Å². The topological polar surface area (TPSA) is 75.9 Å². The fourth-order valence-corrected chi connectivity index (χ4v) is 3.58. The molecule has 1 saturated heterocycles. The van der Waals surface area contributed by atoms with Gasteiger partial charge in [0.2, 0.25) is 0 Å². The van der Waals surface area contributed by atoms with Gasteiger partial charge in [0.05, 0.1) is 6.54 Å². The van der Waals surface area contributed by atoms with Crippen LogP contribution < -0.4 is 11.2 Å². The van der Waals surface area contributed by atoms with Crippen LogP contribution >= 0.6 is 0 Å². The lowest BCUT2D eigenvalue weighted by molar-refractivity contribution is 0.132. The molecular formula is C15H23N5O2. The van der Waals surface area contributed by atoms with Gasteiger partial charge in [-0.2, -0.15) is 0 Å². The Morgan fingerprint density at radius 3 is 2.41 bits per heavy atom. The molecule has 0 radical (unpaired) electrons. The number of hydrogen-bond acceptors (Lipinski definition) is 4. The molecule has 2 atom stereocenters. The van der Waals surface area contributed by atoms with E-state index in [9.17, 15) is 9.59 Å². The molecule has 22 heavy (non-hydrogen) atoms. The summed E-state index contributed by atoms with van der Waals surface area (Å²) >= 11 is 0. The van der Waals surface area contributed by atoms with E-state index >= 15 is 0 Å². The number of likely N-dealkylation sites (tertiary alicyclic amines) is 1. The highest BCUT2D eigenvalue weighted by atomic mass is 16.2. The van der Waals surface area contributed by atoms with Gasteiger partial charge in [-0.3, -0.25) is 18.8 Å². The molecule has 1 aliphatic heterocycles. The predicted molar refractivity (Wildman–Crippen MR) is 84.8 cm³/mol. The van der Waals surface area contributed by atoms with Gasteiger partial charge in [-0.1, -0.05) is 13.8 Å². The molecule has 0 saturated carbocycles. The molecule has 1 N–H and O–H groups in total. The van der Waals surface area contributed by atoms with Crippen LogP contribution in [0.2, 0.25) is 0 Å². The Bertz CT molecular complexity index is 806. The van der Waals surface area contributed by atoms with E-state index < -0.39 is 0 Å². The van der Waals surface area contributed by atoms with Crippen molar-refractivity contribution in [1.29, 1.82) is 0 Å². The summed E-state index contributed by atoms with van der Waals surface area (Å²) in [7, 11) is 3.12. The summed E-state index contributed by atoms with van der Waals surface area (Å²) in [5.41, 5.74) is 0.159. The lowest BCUT2D eigenvalue weighted by Gasteiger charge is -2.34. The van der Waals surface area contributed by atoms with E-state index in [0.717, 1.165) is 23.5 Å². The standard InChI is InChI=1S/C15H23N5O2/c1-9-5-10(2)7-20(6-9)8-11-16-12-13(17-11)18(3)15(22)19(4)14(12)21/h9-10H,5-8H2,1-4H3,(H,16,17)/t9-,10+. The predicted octanol–water partition coefficient (Wildman–Crippen LogP) is 0.438. The minimum Gasteiger partial charge on any atom is -0.335 e. The maximum Gasteiger partial charge on any atom is 0.332 e. The number of fused-ring (bicyclic) bond motifs is 1. The van der Waals surface area contributed by atoms with Crippen LogP contribution in [0.1, 0.15) is 26.1 Å². The highest BCUT2D eigenvalue weighted by molar-refractivity contribution is 5.69. The molecule has 2 aromatic rings. The summed E-state index contributed by atoms with van der Waals surface area (Å²) < 4.78 is 2.52. The molecule has 0 bridgehead atoms. The van der Waals surface area contributed by atoms with Crippen molar-refractivity contribution in [3.63, 3.8) is 0 Å².